The lowest BCUT2D eigenvalue weighted by atomic mass is 9.56. The van der Waals surface area contributed by atoms with E-state index in [2.05, 4.69) is 26.1 Å². The van der Waals surface area contributed by atoms with E-state index in [9.17, 15) is 4.79 Å². The lowest BCUT2D eigenvalue weighted by Crippen LogP contribution is -2.68. The highest BCUT2D eigenvalue weighted by Crippen LogP contribution is 2.51. The summed E-state index contributed by atoms with van der Waals surface area (Å²) in [4.78, 5) is 12.2. The van der Waals surface area contributed by atoms with Crippen molar-refractivity contribution in [2.75, 3.05) is 12.8 Å². The highest BCUT2D eigenvalue weighted by atomic mass is 16.5. The Bertz CT molecular complexity index is 499. The molecule has 1 aliphatic carbocycles. The Morgan fingerprint density at radius 1 is 1.37 bits per heavy atom. The van der Waals surface area contributed by atoms with Crippen molar-refractivity contribution in [3.8, 4) is 0 Å². The Morgan fingerprint density at radius 3 is 2.53 bits per heavy atom. The van der Waals surface area contributed by atoms with Gasteiger partial charge >= 0.3 is 0 Å². The second-order valence-corrected chi connectivity index (χ2v) is 5.97. The molecule has 4 heteroatoms. The molecule has 104 valence electrons. The Morgan fingerprint density at radius 2 is 2.00 bits per heavy atom. The number of rotatable bonds is 3. The number of amides is 1. The van der Waals surface area contributed by atoms with E-state index in [1.165, 1.54) is 0 Å². The van der Waals surface area contributed by atoms with Crippen molar-refractivity contribution in [2.45, 2.75) is 38.8 Å². The summed E-state index contributed by atoms with van der Waals surface area (Å²) in [6.45, 7) is 6.30. The molecule has 2 rings (SSSR count). The number of hydrogen-bond donors (Lipinski definition) is 2. The van der Waals surface area contributed by atoms with Gasteiger partial charge in [0.15, 0.2) is 0 Å². The molecule has 2 unspecified atom stereocenters. The molecule has 1 aromatic carbocycles. The molecule has 0 spiro atoms. The molecule has 1 amide bonds. The van der Waals surface area contributed by atoms with E-state index >= 15 is 0 Å². The van der Waals surface area contributed by atoms with E-state index in [0.29, 0.717) is 11.3 Å². The molecule has 0 aromatic heterocycles. The Labute approximate surface area is 114 Å². The highest BCUT2D eigenvalue weighted by Gasteiger charge is 2.58. The molecule has 4 nitrogen and oxygen atoms in total. The van der Waals surface area contributed by atoms with Crippen molar-refractivity contribution >= 4 is 11.6 Å². The maximum absolute atomic E-state index is 12.2. The first-order valence-electron chi connectivity index (χ1n) is 6.52. The lowest BCUT2D eigenvalue weighted by molar-refractivity contribution is -0.177. The zero-order valence-corrected chi connectivity index (χ0v) is 12.0. The maximum Gasteiger partial charge on any atom is 0.253 e. The van der Waals surface area contributed by atoms with Gasteiger partial charge in [0.25, 0.3) is 5.91 Å². The molecule has 0 heterocycles. The monoisotopic (exact) mass is 262 g/mol. The second kappa shape index (κ2) is 4.53. The molecule has 0 bridgehead atoms. The minimum atomic E-state index is -0.187. The number of hydrogen-bond acceptors (Lipinski definition) is 3. The summed E-state index contributed by atoms with van der Waals surface area (Å²) in [6, 6.07) is 7.22. The van der Waals surface area contributed by atoms with E-state index in [-0.39, 0.29) is 23.0 Å². The average molecular weight is 262 g/mol. The largest absolute Gasteiger partial charge is 0.398 e. The van der Waals surface area contributed by atoms with Crippen LogP contribution in [0.25, 0.3) is 0 Å². The van der Waals surface area contributed by atoms with Crippen LogP contribution in [0.1, 0.15) is 37.6 Å². The van der Waals surface area contributed by atoms with Crippen LogP contribution in [0.2, 0.25) is 0 Å². The van der Waals surface area contributed by atoms with Crippen LogP contribution in [0, 0.1) is 5.41 Å². The number of para-hydroxylation sites is 1. The van der Waals surface area contributed by atoms with Gasteiger partial charge in [-0.2, -0.15) is 0 Å². The number of carbonyl (C=O) groups is 1. The Hall–Kier alpha value is -1.55. The van der Waals surface area contributed by atoms with Crippen LogP contribution >= 0.6 is 0 Å². The predicted molar refractivity (Wildman–Crippen MR) is 75.9 cm³/mol. The third-order valence-corrected chi connectivity index (χ3v) is 4.79. The first-order chi connectivity index (χ1) is 8.82. The lowest BCUT2D eigenvalue weighted by Gasteiger charge is -2.59. The van der Waals surface area contributed by atoms with Crippen LogP contribution in [-0.4, -0.2) is 24.7 Å². The number of nitrogens with one attached hydrogen (secondary N) is 1. The van der Waals surface area contributed by atoms with Gasteiger partial charge in [0.1, 0.15) is 0 Å². The Balaban J connectivity index is 2.09. The number of ether oxygens (including phenoxy) is 1. The molecule has 19 heavy (non-hydrogen) atoms. The molecule has 1 aliphatic rings. The van der Waals surface area contributed by atoms with E-state index in [1.807, 2.05) is 12.1 Å². The van der Waals surface area contributed by atoms with Gasteiger partial charge in [0.2, 0.25) is 0 Å². The zero-order chi connectivity index (χ0) is 14.3. The van der Waals surface area contributed by atoms with Gasteiger partial charge in [0, 0.05) is 24.3 Å². The number of carbonyl (C=O) groups excluding carboxylic acids is 1. The van der Waals surface area contributed by atoms with Crippen LogP contribution in [-0.2, 0) is 4.74 Å². The summed E-state index contributed by atoms with van der Waals surface area (Å²) in [5.74, 6) is -0.116. The molecule has 0 aliphatic heterocycles. The van der Waals surface area contributed by atoms with Crippen LogP contribution < -0.4 is 11.1 Å². The normalized spacial score (nSPS) is 28.5. The summed E-state index contributed by atoms with van der Waals surface area (Å²) in [6.07, 6.45) is 0.814. The van der Waals surface area contributed by atoms with E-state index in [4.69, 9.17) is 10.5 Å². The number of nitrogens with two attached hydrogens (primary N) is 1. The minimum absolute atomic E-state index is 0.0963. The molecule has 0 radical (unpaired) electrons. The van der Waals surface area contributed by atoms with Crippen molar-refractivity contribution in [3.05, 3.63) is 29.8 Å². The van der Waals surface area contributed by atoms with Gasteiger partial charge < -0.3 is 15.8 Å². The summed E-state index contributed by atoms with van der Waals surface area (Å²) >= 11 is 0. The standard InChI is InChI=1S/C15H22N2O2/c1-14(2)12(9-15(14,3)19-4)17-13(18)10-7-5-6-8-11(10)16/h5-8,12H,9,16H2,1-4H3,(H,17,18). The van der Waals surface area contributed by atoms with Crippen molar-refractivity contribution in [1.82, 2.24) is 5.32 Å². The number of anilines is 1. The molecular weight excluding hydrogens is 240 g/mol. The number of benzene rings is 1. The first-order valence-corrected chi connectivity index (χ1v) is 6.52. The first kappa shape index (κ1) is 13.9. The van der Waals surface area contributed by atoms with Crippen LogP contribution in [0.3, 0.4) is 0 Å². The summed E-state index contributed by atoms with van der Waals surface area (Å²) in [5, 5.41) is 3.05. The third-order valence-electron chi connectivity index (χ3n) is 4.79. The topological polar surface area (TPSA) is 64.3 Å². The zero-order valence-electron chi connectivity index (χ0n) is 12.0. The predicted octanol–water partition coefficient (Wildman–Crippen LogP) is 2.20. The van der Waals surface area contributed by atoms with Crippen LogP contribution in [0.15, 0.2) is 24.3 Å². The molecular formula is C15H22N2O2. The molecule has 1 saturated carbocycles. The Kier molecular flexibility index (Phi) is 3.31. The summed E-state index contributed by atoms with van der Waals surface area (Å²) in [5.41, 5.74) is 6.57. The molecule has 3 N–H and O–H groups in total. The van der Waals surface area contributed by atoms with Gasteiger partial charge in [-0.15, -0.1) is 0 Å². The van der Waals surface area contributed by atoms with Gasteiger partial charge in [-0.25, -0.2) is 0 Å². The SMILES string of the molecule is COC1(C)CC(NC(=O)c2ccccc2N)C1(C)C. The summed E-state index contributed by atoms with van der Waals surface area (Å²) in [7, 11) is 1.72. The van der Waals surface area contributed by atoms with Gasteiger partial charge in [-0.05, 0) is 25.5 Å². The van der Waals surface area contributed by atoms with Crippen molar-refractivity contribution in [1.29, 1.82) is 0 Å². The number of methoxy groups -OCH3 is 1. The fourth-order valence-corrected chi connectivity index (χ4v) is 2.66. The van der Waals surface area contributed by atoms with Crippen LogP contribution in [0.5, 0.6) is 0 Å². The minimum Gasteiger partial charge on any atom is -0.398 e. The van der Waals surface area contributed by atoms with Crippen molar-refractivity contribution in [3.63, 3.8) is 0 Å². The van der Waals surface area contributed by atoms with Gasteiger partial charge in [-0.1, -0.05) is 26.0 Å². The van der Waals surface area contributed by atoms with Crippen molar-refractivity contribution in [2.24, 2.45) is 5.41 Å². The average Bonchev–Trinajstić information content (AvgIpc) is 2.38. The highest BCUT2D eigenvalue weighted by molar-refractivity contribution is 5.99. The smallest absolute Gasteiger partial charge is 0.253 e. The maximum atomic E-state index is 12.2. The van der Waals surface area contributed by atoms with E-state index in [0.717, 1.165) is 6.42 Å². The molecule has 1 fully saturated rings. The quantitative estimate of drug-likeness (QED) is 0.821. The van der Waals surface area contributed by atoms with Gasteiger partial charge in [0.05, 0.1) is 11.2 Å². The summed E-state index contributed by atoms with van der Waals surface area (Å²) < 4.78 is 5.55. The van der Waals surface area contributed by atoms with E-state index in [1.54, 1.807) is 19.2 Å². The molecule has 2 atom stereocenters. The fourth-order valence-electron chi connectivity index (χ4n) is 2.66. The second-order valence-electron chi connectivity index (χ2n) is 5.97. The van der Waals surface area contributed by atoms with E-state index < -0.39 is 0 Å². The molecule has 1 aromatic rings. The molecule has 0 saturated heterocycles. The number of nitrogen functional groups attached to an aromatic ring is 1. The van der Waals surface area contributed by atoms with Gasteiger partial charge in [-0.3, -0.25) is 4.79 Å². The third kappa shape index (κ3) is 2.10. The fraction of sp³-hybridized carbons (Fsp3) is 0.533. The van der Waals surface area contributed by atoms with Crippen LogP contribution in [0.4, 0.5) is 5.69 Å². The van der Waals surface area contributed by atoms with Crippen molar-refractivity contribution < 1.29 is 9.53 Å².